The quantitative estimate of drug-likeness (QED) is 0.0750. The zero-order valence-electron chi connectivity index (χ0n) is 22.7. The van der Waals surface area contributed by atoms with Gasteiger partial charge < -0.3 is 53.4 Å². The first-order chi connectivity index (χ1) is 19.4. The van der Waals surface area contributed by atoms with Gasteiger partial charge in [-0.2, -0.15) is 0 Å². The van der Waals surface area contributed by atoms with Crippen LogP contribution in [0.25, 0.3) is 0 Å². The van der Waals surface area contributed by atoms with Crippen molar-refractivity contribution < 1.29 is 44.1 Å². The first-order valence-electron chi connectivity index (χ1n) is 12.9. The molecule has 0 aliphatic carbocycles. The molecule has 0 saturated carbocycles. The van der Waals surface area contributed by atoms with Gasteiger partial charge >= 0.3 is 5.97 Å². The highest BCUT2D eigenvalue weighted by Crippen LogP contribution is 2.12. The number of carbonyl (C=O) groups excluding carboxylic acids is 5. The Hall–Kier alpha value is -4.28. The zero-order chi connectivity index (χ0) is 30.9. The Bertz CT molecular complexity index is 1050. The van der Waals surface area contributed by atoms with E-state index in [9.17, 15) is 39.0 Å². The number of aliphatic hydroxyl groups is 1. The molecule has 0 fully saturated rings. The number of rotatable bonds is 18. The molecule has 0 aromatic heterocycles. The van der Waals surface area contributed by atoms with Crippen molar-refractivity contribution in [1.82, 2.24) is 26.6 Å². The van der Waals surface area contributed by atoms with E-state index in [1.165, 1.54) is 19.1 Å². The third kappa shape index (κ3) is 13.6. The molecule has 0 heterocycles. The largest absolute Gasteiger partial charge is 0.508 e. The summed E-state index contributed by atoms with van der Waals surface area (Å²) in [5.41, 5.74) is 12.0. The van der Waals surface area contributed by atoms with Crippen molar-refractivity contribution in [2.45, 2.75) is 56.8 Å². The minimum Gasteiger partial charge on any atom is -0.508 e. The van der Waals surface area contributed by atoms with Crippen molar-refractivity contribution in [1.29, 1.82) is 0 Å². The Labute approximate surface area is 236 Å². The van der Waals surface area contributed by atoms with Crippen LogP contribution < -0.4 is 38.1 Å². The molecule has 0 aliphatic rings. The van der Waals surface area contributed by atoms with Crippen LogP contribution in [0.2, 0.25) is 0 Å². The Balaban J connectivity index is 2.80. The number of hydrogen-bond acceptors (Lipinski definition) is 10. The van der Waals surface area contributed by atoms with Gasteiger partial charge in [0.2, 0.25) is 29.5 Å². The average Bonchev–Trinajstić information content (AvgIpc) is 2.93. The molecule has 1 rings (SSSR count). The lowest BCUT2D eigenvalue weighted by molar-refractivity contribution is -0.138. The van der Waals surface area contributed by atoms with Gasteiger partial charge in [0.1, 0.15) is 30.4 Å². The maximum absolute atomic E-state index is 13.1. The van der Waals surface area contributed by atoms with Crippen LogP contribution in [0.5, 0.6) is 5.75 Å². The second kappa shape index (κ2) is 18.1. The van der Waals surface area contributed by atoms with Crippen molar-refractivity contribution in [3.63, 3.8) is 0 Å². The van der Waals surface area contributed by atoms with E-state index in [1.54, 1.807) is 12.1 Å². The monoisotopic (exact) mass is 581 g/mol. The van der Waals surface area contributed by atoms with Crippen LogP contribution in [0.1, 0.15) is 31.7 Å². The maximum Gasteiger partial charge on any atom is 0.322 e. The first kappa shape index (κ1) is 34.7. The minimum atomic E-state index is -1.50. The number of amides is 5. The smallest absolute Gasteiger partial charge is 0.322 e. The lowest BCUT2D eigenvalue weighted by Gasteiger charge is -2.23. The van der Waals surface area contributed by atoms with Gasteiger partial charge in [-0.3, -0.25) is 28.8 Å². The Morgan fingerprint density at radius 2 is 1.44 bits per heavy atom. The van der Waals surface area contributed by atoms with Crippen LogP contribution >= 0.6 is 0 Å². The van der Waals surface area contributed by atoms with E-state index < -0.39 is 79.4 Å². The van der Waals surface area contributed by atoms with Crippen molar-refractivity contribution >= 4 is 35.5 Å². The lowest BCUT2D eigenvalue weighted by Crippen LogP contribution is -2.58. The number of benzene rings is 1. The van der Waals surface area contributed by atoms with E-state index in [4.69, 9.17) is 16.6 Å². The molecule has 0 aliphatic heterocycles. The highest BCUT2D eigenvalue weighted by Gasteiger charge is 2.28. The number of hydrogen-bond donors (Lipinski definition) is 10. The molecule has 5 amide bonds. The number of nitrogens with two attached hydrogens (primary N) is 2. The van der Waals surface area contributed by atoms with Crippen molar-refractivity contribution in [2.75, 3.05) is 26.2 Å². The van der Waals surface area contributed by atoms with Crippen molar-refractivity contribution in [3.05, 3.63) is 29.8 Å². The predicted octanol–water partition coefficient (Wildman–Crippen LogP) is -3.83. The van der Waals surface area contributed by atoms with Gasteiger partial charge in [0.15, 0.2) is 0 Å². The number of aliphatic hydroxyl groups excluding tert-OH is 1. The van der Waals surface area contributed by atoms with E-state index in [0.717, 1.165) is 0 Å². The van der Waals surface area contributed by atoms with Crippen LogP contribution in [-0.4, -0.2) is 101 Å². The summed E-state index contributed by atoms with van der Waals surface area (Å²) in [4.78, 5) is 72.7. The van der Waals surface area contributed by atoms with E-state index in [-0.39, 0.29) is 12.2 Å². The summed E-state index contributed by atoms with van der Waals surface area (Å²) < 4.78 is 0. The van der Waals surface area contributed by atoms with Crippen LogP contribution in [0.3, 0.4) is 0 Å². The third-order valence-electron chi connectivity index (χ3n) is 5.74. The third-order valence-corrected chi connectivity index (χ3v) is 5.74. The van der Waals surface area contributed by atoms with Crippen LogP contribution in [0.4, 0.5) is 0 Å². The molecule has 16 heteroatoms. The fourth-order valence-electron chi connectivity index (χ4n) is 3.43. The molecule has 0 radical (unpaired) electrons. The molecule has 228 valence electrons. The molecule has 4 atom stereocenters. The number of unbranched alkanes of at least 4 members (excludes halogenated alkanes) is 1. The van der Waals surface area contributed by atoms with Gasteiger partial charge in [-0.15, -0.1) is 0 Å². The van der Waals surface area contributed by atoms with Crippen molar-refractivity contribution in [3.8, 4) is 5.75 Å². The first-order valence-corrected chi connectivity index (χ1v) is 12.9. The molecule has 41 heavy (non-hydrogen) atoms. The van der Waals surface area contributed by atoms with Gasteiger partial charge in [0.25, 0.3) is 0 Å². The highest BCUT2D eigenvalue weighted by atomic mass is 16.4. The number of aromatic hydroxyl groups is 1. The summed E-state index contributed by atoms with van der Waals surface area (Å²) in [5.74, 6) is -5.17. The molecule has 1 aromatic carbocycles. The summed E-state index contributed by atoms with van der Waals surface area (Å²) in [6.07, 6.45) is 1.57. The van der Waals surface area contributed by atoms with Gasteiger partial charge in [-0.1, -0.05) is 18.6 Å². The molecule has 12 N–H and O–H groups in total. The summed E-state index contributed by atoms with van der Waals surface area (Å²) in [5, 5.41) is 39.3. The van der Waals surface area contributed by atoms with Gasteiger partial charge in [0.05, 0.1) is 19.2 Å². The molecule has 0 spiro atoms. The fraction of sp³-hybridized carbons (Fsp3) is 0.520. The number of carboxylic acids is 1. The Kier molecular flexibility index (Phi) is 15.4. The molecular weight excluding hydrogens is 542 g/mol. The fourth-order valence-corrected chi connectivity index (χ4v) is 3.43. The minimum absolute atomic E-state index is 0.00273. The molecular formula is C25H39N7O9. The second-order valence-corrected chi connectivity index (χ2v) is 9.18. The van der Waals surface area contributed by atoms with Gasteiger partial charge in [0, 0.05) is 6.42 Å². The molecule has 16 nitrogen and oxygen atoms in total. The molecule has 0 saturated heterocycles. The second-order valence-electron chi connectivity index (χ2n) is 9.18. The van der Waals surface area contributed by atoms with Crippen LogP contribution in [-0.2, 0) is 35.2 Å². The number of phenols is 1. The zero-order valence-corrected chi connectivity index (χ0v) is 22.7. The number of phenolic OH excluding ortho intramolecular Hbond substituents is 1. The topological polar surface area (TPSA) is 275 Å². The normalized spacial score (nSPS) is 13.6. The molecule has 0 unspecified atom stereocenters. The van der Waals surface area contributed by atoms with Crippen molar-refractivity contribution in [2.24, 2.45) is 11.5 Å². The molecule has 0 bridgehead atoms. The number of nitrogens with one attached hydrogen (secondary N) is 5. The average molecular weight is 582 g/mol. The maximum atomic E-state index is 13.1. The lowest BCUT2D eigenvalue weighted by atomic mass is 10.0. The van der Waals surface area contributed by atoms with Crippen LogP contribution in [0.15, 0.2) is 24.3 Å². The summed E-state index contributed by atoms with van der Waals surface area (Å²) in [6, 6.07) is 1.17. The number of carboxylic acid groups (broad SMARTS) is 1. The highest BCUT2D eigenvalue weighted by molar-refractivity contribution is 5.95. The van der Waals surface area contributed by atoms with Gasteiger partial charge in [-0.25, -0.2) is 0 Å². The van der Waals surface area contributed by atoms with E-state index in [2.05, 4.69) is 26.6 Å². The summed E-state index contributed by atoms with van der Waals surface area (Å²) >= 11 is 0. The Morgan fingerprint density at radius 3 is 2.02 bits per heavy atom. The van der Waals surface area contributed by atoms with E-state index in [1.807, 2.05) is 0 Å². The SMILES string of the molecule is C[C@H](NC(=O)CNC(=O)[C@H](CO)NC(=O)[C@H](Cc1ccc(O)cc1)NC(=O)[C@@H](N)CCCCN)C(=O)NCC(=O)O. The van der Waals surface area contributed by atoms with E-state index in [0.29, 0.717) is 31.4 Å². The number of carbonyl (C=O) groups is 6. The summed E-state index contributed by atoms with van der Waals surface area (Å²) in [7, 11) is 0. The molecule has 1 aromatic rings. The predicted molar refractivity (Wildman–Crippen MR) is 145 cm³/mol. The standard InChI is InChI=1S/C25H39N7O9/c1-14(22(38)29-12-21(36)37)30-20(35)11-28-24(40)19(13-33)32-25(41)18(10-15-5-7-16(34)8-6-15)31-23(39)17(27)4-2-3-9-26/h5-8,14,17-19,33-34H,2-4,9-13,26-27H2,1H3,(H,28,40)(H,29,38)(H,30,35)(H,31,39)(H,32,41)(H,36,37)/t14-,17-,18-,19-/m0/s1. The number of aliphatic carboxylic acids is 1. The van der Waals surface area contributed by atoms with Gasteiger partial charge in [-0.05, 0) is 44.0 Å². The van der Waals surface area contributed by atoms with Crippen LogP contribution in [0, 0.1) is 0 Å². The summed E-state index contributed by atoms with van der Waals surface area (Å²) in [6.45, 7) is -0.352. The Morgan fingerprint density at radius 1 is 0.829 bits per heavy atom. The van der Waals surface area contributed by atoms with E-state index >= 15 is 0 Å².